The number of hydrogen-bond acceptors (Lipinski definition) is 5. The number of hydrogen-bond donors (Lipinski definition) is 3. The summed E-state index contributed by atoms with van der Waals surface area (Å²) >= 11 is 0. The molecule has 0 saturated carbocycles. The van der Waals surface area contributed by atoms with Crippen molar-refractivity contribution in [2.24, 2.45) is 0 Å². The lowest BCUT2D eigenvalue weighted by Crippen LogP contribution is -2.35. The number of nitrogens with zero attached hydrogens (tertiary/aromatic N) is 2. The number of para-hydroxylation sites is 1. The number of aromatic hydroxyl groups is 1. The van der Waals surface area contributed by atoms with E-state index in [0.29, 0.717) is 31.5 Å². The molecule has 3 aromatic carbocycles. The number of fused-ring (bicyclic) bond motifs is 4. The van der Waals surface area contributed by atoms with E-state index >= 15 is 0 Å². The summed E-state index contributed by atoms with van der Waals surface area (Å²) in [5.74, 6) is 0.0979. The van der Waals surface area contributed by atoms with E-state index in [4.69, 9.17) is 0 Å². The highest BCUT2D eigenvalue weighted by molar-refractivity contribution is 6.07. The molecule has 2 amide bonds. The number of anilines is 4. The average Bonchev–Trinajstić information content (AvgIpc) is 3.57. The predicted molar refractivity (Wildman–Crippen MR) is 142 cm³/mol. The number of phenolic OH excluding ortho intramolecular Hbond substituents is 1. The van der Waals surface area contributed by atoms with Crippen molar-refractivity contribution in [1.82, 2.24) is 4.98 Å². The zero-order chi connectivity index (χ0) is 25.1. The van der Waals surface area contributed by atoms with Gasteiger partial charge in [-0.15, -0.1) is 0 Å². The molecule has 7 heteroatoms. The van der Waals surface area contributed by atoms with Gasteiger partial charge in [0.05, 0.1) is 5.41 Å². The van der Waals surface area contributed by atoms with E-state index < -0.39 is 5.41 Å². The molecule has 7 rings (SSSR count). The largest absolute Gasteiger partial charge is 0.508 e. The number of carbonyl (C=O) groups is 2. The normalized spacial score (nSPS) is 18.9. The van der Waals surface area contributed by atoms with Crippen molar-refractivity contribution >= 4 is 34.6 Å². The van der Waals surface area contributed by atoms with Crippen LogP contribution in [0, 0.1) is 0 Å². The van der Waals surface area contributed by atoms with E-state index in [1.807, 2.05) is 30.3 Å². The molecule has 3 N–H and O–H groups in total. The first-order chi connectivity index (χ1) is 18.0. The van der Waals surface area contributed by atoms with Crippen molar-refractivity contribution in [3.63, 3.8) is 0 Å². The first-order valence-electron chi connectivity index (χ1n) is 12.4. The van der Waals surface area contributed by atoms with Gasteiger partial charge in [-0.2, -0.15) is 0 Å². The third-order valence-electron chi connectivity index (χ3n) is 7.79. The van der Waals surface area contributed by atoms with Gasteiger partial charge in [-0.05, 0) is 90.0 Å². The summed E-state index contributed by atoms with van der Waals surface area (Å²) in [5, 5.41) is 16.2. The molecular formula is C30H24N4O3. The van der Waals surface area contributed by atoms with Gasteiger partial charge in [0.15, 0.2) is 0 Å². The number of pyridine rings is 1. The van der Waals surface area contributed by atoms with Crippen LogP contribution >= 0.6 is 0 Å². The summed E-state index contributed by atoms with van der Waals surface area (Å²) in [4.78, 5) is 32.3. The van der Waals surface area contributed by atoms with Gasteiger partial charge in [0, 0.05) is 35.5 Å². The van der Waals surface area contributed by atoms with Crippen LogP contribution in [0.15, 0.2) is 79.0 Å². The van der Waals surface area contributed by atoms with Crippen molar-refractivity contribution in [1.29, 1.82) is 0 Å². The predicted octanol–water partition coefficient (Wildman–Crippen LogP) is 4.72. The molecule has 7 nitrogen and oxygen atoms in total. The summed E-state index contributed by atoms with van der Waals surface area (Å²) < 4.78 is 0. The van der Waals surface area contributed by atoms with Crippen molar-refractivity contribution in [2.75, 3.05) is 22.1 Å². The SMILES string of the molecule is O=C(c1cc(Nc2ccc3c(c2)CC2(C3)C(=O)Nc3ccccc32)ccn1)N1CCc2cc(O)ccc21. The van der Waals surface area contributed by atoms with E-state index in [1.54, 1.807) is 35.4 Å². The number of rotatable bonds is 3. The van der Waals surface area contributed by atoms with E-state index in [2.05, 4.69) is 33.8 Å². The Morgan fingerprint density at radius 2 is 1.78 bits per heavy atom. The second kappa shape index (κ2) is 7.93. The Labute approximate surface area is 213 Å². The fraction of sp³-hybridized carbons (Fsp3) is 0.167. The highest BCUT2D eigenvalue weighted by Gasteiger charge is 2.50. The molecule has 37 heavy (non-hydrogen) atoms. The van der Waals surface area contributed by atoms with Gasteiger partial charge in [-0.25, -0.2) is 0 Å². The maximum Gasteiger partial charge on any atom is 0.276 e. The molecule has 4 aromatic rings. The number of benzene rings is 3. The van der Waals surface area contributed by atoms with Gasteiger partial charge in [0.25, 0.3) is 5.91 Å². The fourth-order valence-electron chi connectivity index (χ4n) is 6.01. The Bertz CT molecular complexity index is 1610. The molecule has 1 atom stereocenters. The molecule has 3 heterocycles. The number of carbonyl (C=O) groups excluding carboxylic acids is 2. The number of aromatic nitrogens is 1. The van der Waals surface area contributed by atoms with Gasteiger partial charge in [0.1, 0.15) is 11.4 Å². The topological polar surface area (TPSA) is 94.6 Å². The minimum absolute atomic E-state index is 0.0652. The quantitative estimate of drug-likeness (QED) is 0.388. The van der Waals surface area contributed by atoms with Gasteiger partial charge >= 0.3 is 0 Å². The Morgan fingerprint density at radius 3 is 2.70 bits per heavy atom. The number of nitrogens with one attached hydrogen (secondary N) is 2. The van der Waals surface area contributed by atoms with Crippen LogP contribution in [0.1, 0.15) is 32.7 Å². The highest BCUT2D eigenvalue weighted by Crippen LogP contribution is 2.47. The molecule has 182 valence electrons. The zero-order valence-electron chi connectivity index (χ0n) is 20.0. The van der Waals surface area contributed by atoms with Crippen LogP contribution in [0.3, 0.4) is 0 Å². The standard InChI is InChI=1S/C30H24N4O3/c35-23-7-8-27-18(14-23)10-12-34(27)28(36)26-15-22(9-11-31-26)32-21-6-5-19-16-30(17-20(19)13-21)24-3-1-2-4-25(24)33-29(30)37/h1-9,11,13-15,35H,10,12,16-17H2,(H,31,32)(H,33,37). The van der Waals surface area contributed by atoms with Crippen molar-refractivity contribution in [2.45, 2.75) is 24.7 Å². The molecule has 3 aliphatic rings. The Hall–Kier alpha value is -4.65. The smallest absolute Gasteiger partial charge is 0.276 e. The molecule has 2 aliphatic heterocycles. The molecule has 0 saturated heterocycles. The van der Waals surface area contributed by atoms with Gasteiger partial charge < -0.3 is 20.6 Å². The summed E-state index contributed by atoms with van der Waals surface area (Å²) in [6, 6.07) is 22.8. The molecule has 0 radical (unpaired) electrons. The summed E-state index contributed by atoms with van der Waals surface area (Å²) in [7, 11) is 0. The molecule has 0 fully saturated rings. The summed E-state index contributed by atoms with van der Waals surface area (Å²) in [6.45, 7) is 0.556. The second-order valence-electron chi connectivity index (χ2n) is 9.99. The maximum absolute atomic E-state index is 13.3. The van der Waals surface area contributed by atoms with E-state index in [9.17, 15) is 14.7 Å². The highest BCUT2D eigenvalue weighted by atomic mass is 16.3. The first kappa shape index (κ1) is 21.6. The van der Waals surface area contributed by atoms with Crippen LogP contribution in [-0.2, 0) is 29.5 Å². The monoisotopic (exact) mass is 488 g/mol. The molecular weight excluding hydrogens is 464 g/mol. The van der Waals surface area contributed by atoms with Crippen LogP contribution in [0.25, 0.3) is 0 Å². The molecule has 1 spiro atoms. The Balaban J connectivity index is 1.13. The average molecular weight is 489 g/mol. The van der Waals surface area contributed by atoms with Gasteiger partial charge in [-0.1, -0.05) is 24.3 Å². The van der Waals surface area contributed by atoms with Crippen molar-refractivity contribution < 1.29 is 14.7 Å². The molecule has 1 aliphatic carbocycles. The molecule has 0 bridgehead atoms. The second-order valence-corrected chi connectivity index (χ2v) is 9.99. The van der Waals surface area contributed by atoms with Crippen LogP contribution in [0.2, 0.25) is 0 Å². The van der Waals surface area contributed by atoms with Crippen LogP contribution in [-0.4, -0.2) is 28.4 Å². The van der Waals surface area contributed by atoms with E-state index in [0.717, 1.165) is 39.4 Å². The third-order valence-corrected chi connectivity index (χ3v) is 7.79. The minimum Gasteiger partial charge on any atom is -0.508 e. The summed E-state index contributed by atoms with van der Waals surface area (Å²) in [5.41, 5.74) is 7.55. The van der Waals surface area contributed by atoms with Crippen LogP contribution in [0.4, 0.5) is 22.7 Å². The lowest BCUT2D eigenvalue weighted by molar-refractivity contribution is -0.120. The lowest BCUT2D eigenvalue weighted by Gasteiger charge is -2.20. The summed E-state index contributed by atoms with van der Waals surface area (Å²) in [6.07, 6.45) is 3.68. The third kappa shape index (κ3) is 3.38. The van der Waals surface area contributed by atoms with E-state index in [1.165, 1.54) is 5.56 Å². The molecule has 1 unspecified atom stereocenters. The fourth-order valence-corrected chi connectivity index (χ4v) is 6.01. The van der Waals surface area contributed by atoms with Crippen molar-refractivity contribution in [3.05, 3.63) is 107 Å². The Morgan fingerprint density at radius 1 is 0.946 bits per heavy atom. The number of phenols is 1. The van der Waals surface area contributed by atoms with Gasteiger partial charge in [0.2, 0.25) is 5.91 Å². The lowest BCUT2D eigenvalue weighted by atomic mass is 9.79. The van der Waals surface area contributed by atoms with E-state index in [-0.39, 0.29) is 17.6 Å². The zero-order valence-corrected chi connectivity index (χ0v) is 20.0. The maximum atomic E-state index is 13.3. The number of amides is 2. The van der Waals surface area contributed by atoms with Crippen LogP contribution in [0.5, 0.6) is 5.75 Å². The Kier molecular flexibility index (Phi) is 4.63. The van der Waals surface area contributed by atoms with Gasteiger partial charge in [-0.3, -0.25) is 14.6 Å². The van der Waals surface area contributed by atoms with Crippen LogP contribution < -0.4 is 15.5 Å². The van der Waals surface area contributed by atoms with Crippen molar-refractivity contribution in [3.8, 4) is 5.75 Å². The molecule has 1 aromatic heterocycles. The first-order valence-corrected chi connectivity index (χ1v) is 12.4. The minimum atomic E-state index is -0.545.